The van der Waals surface area contributed by atoms with Crippen LogP contribution in [0, 0.1) is 0 Å². The second kappa shape index (κ2) is 3.33. The molecule has 0 saturated carbocycles. The molecule has 2 nitrogen and oxygen atoms in total. The van der Waals surface area contributed by atoms with Gasteiger partial charge in [-0.05, 0) is 0 Å². The zero-order valence-electron chi connectivity index (χ0n) is 2.06. The van der Waals surface area contributed by atoms with E-state index in [1.165, 1.54) is 0 Å². The third kappa shape index (κ3) is 57.5. The monoisotopic (exact) mass is 144 g/mol. The molecule has 0 saturated heterocycles. The SMILES string of the molecule is O=P(O)(F)F.[CaH2]. The van der Waals surface area contributed by atoms with Crippen LogP contribution in [0.5, 0.6) is 0 Å². The summed E-state index contributed by atoms with van der Waals surface area (Å²) in [7, 11) is -5.64. The van der Waals surface area contributed by atoms with Gasteiger partial charge in [-0.2, -0.15) is 0 Å². The summed E-state index contributed by atoms with van der Waals surface area (Å²) in [4.78, 5) is 6.74. The van der Waals surface area contributed by atoms with Crippen molar-refractivity contribution in [3.05, 3.63) is 0 Å². The summed E-state index contributed by atoms with van der Waals surface area (Å²) in [6.07, 6.45) is 0. The number of hydrogen-bond acceptors (Lipinski definition) is 1. The summed E-state index contributed by atoms with van der Waals surface area (Å²) in [5.41, 5.74) is 0. The fourth-order valence-corrected chi connectivity index (χ4v) is 0. The van der Waals surface area contributed by atoms with Crippen molar-refractivity contribution in [2.24, 2.45) is 0 Å². The summed E-state index contributed by atoms with van der Waals surface area (Å²) >= 11 is 0. The first-order valence-corrected chi connectivity index (χ1v) is 2.16. The molecule has 0 amide bonds. The van der Waals surface area contributed by atoms with Gasteiger partial charge in [-0.3, -0.25) is 4.89 Å². The summed E-state index contributed by atoms with van der Waals surface area (Å²) < 4.78 is 28.7. The van der Waals surface area contributed by atoms with Crippen LogP contribution >= 0.6 is 7.99 Å². The van der Waals surface area contributed by atoms with E-state index in [9.17, 15) is 8.39 Å². The van der Waals surface area contributed by atoms with E-state index >= 15 is 0 Å². The van der Waals surface area contributed by atoms with Crippen molar-refractivity contribution in [1.29, 1.82) is 0 Å². The van der Waals surface area contributed by atoms with Gasteiger partial charge in [0, 0.05) is 0 Å². The van der Waals surface area contributed by atoms with Gasteiger partial charge in [-0.15, -0.1) is 8.39 Å². The van der Waals surface area contributed by atoms with Crippen LogP contribution in [0.3, 0.4) is 0 Å². The normalized spacial score (nSPS) is 9.83. The molecule has 0 spiro atoms. The Bertz CT molecular complexity index is 57.7. The van der Waals surface area contributed by atoms with E-state index in [2.05, 4.69) is 0 Å². The molecule has 0 aromatic rings. The van der Waals surface area contributed by atoms with Crippen molar-refractivity contribution in [1.82, 2.24) is 0 Å². The Hall–Kier alpha value is 1.31. The van der Waals surface area contributed by atoms with E-state index in [-0.39, 0.29) is 37.7 Å². The molecule has 0 aliphatic carbocycles. The Morgan fingerprint density at radius 1 is 1.50 bits per heavy atom. The van der Waals surface area contributed by atoms with Gasteiger partial charge in [0.2, 0.25) is 0 Å². The molecule has 0 aliphatic heterocycles. The van der Waals surface area contributed by atoms with Gasteiger partial charge in [-0.25, -0.2) is 4.57 Å². The number of rotatable bonds is 0. The van der Waals surface area contributed by atoms with Gasteiger partial charge in [0.25, 0.3) is 0 Å². The average Bonchev–Trinajstić information content (AvgIpc) is 0.722. The van der Waals surface area contributed by atoms with E-state index in [1.54, 1.807) is 0 Å². The molecule has 0 fully saturated rings. The fraction of sp³-hybridized carbons (Fsp3) is 0. The molecule has 6 heavy (non-hydrogen) atoms. The second-order valence-electron chi connectivity index (χ2n) is 0.435. The van der Waals surface area contributed by atoms with Gasteiger partial charge in [0.1, 0.15) is 0 Å². The molecule has 0 heterocycles. The van der Waals surface area contributed by atoms with Crippen molar-refractivity contribution in [3.8, 4) is 0 Å². The van der Waals surface area contributed by atoms with E-state index in [1.807, 2.05) is 0 Å². The molecule has 6 heteroatoms. The standard InChI is InChI=1S/Ca.F2HO2P.2H/c;1-5(2,3)4;;/h;(H,3,4);;. The molecule has 0 atom stereocenters. The minimum absolute atomic E-state index is 0. The molecule has 0 aliphatic rings. The van der Waals surface area contributed by atoms with Crippen molar-refractivity contribution >= 4 is 45.7 Å². The summed E-state index contributed by atoms with van der Waals surface area (Å²) in [5.74, 6) is 0. The topological polar surface area (TPSA) is 37.3 Å². The summed E-state index contributed by atoms with van der Waals surface area (Å²) in [6.45, 7) is 0. The molecule has 1 N–H and O–H groups in total. The Labute approximate surface area is 63.2 Å². The molecule has 0 radical (unpaired) electrons. The first-order valence-electron chi connectivity index (χ1n) is 0.721. The van der Waals surface area contributed by atoms with Crippen molar-refractivity contribution in [2.45, 2.75) is 0 Å². The summed E-state index contributed by atoms with van der Waals surface area (Å²) in [5, 5.41) is 0. The molecule has 36 valence electrons. The van der Waals surface area contributed by atoms with Gasteiger partial charge in [-0.1, -0.05) is 0 Å². The van der Waals surface area contributed by atoms with Crippen molar-refractivity contribution < 1.29 is 17.9 Å². The number of halogens is 2. The van der Waals surface area contributed by atoms with E-state index in [0.717, 1.165) is 0 Å². The fourth-order valence-electron chi connectivity index (χ4n) is 0. The third-order valence-electron chi connectivity index (χ3n) is 0. The molecule has 0 unspecified atom stereocenters. The second-order valence-corrected chi connectivity index (χ2v) is 1.30. The predicted molar refractivity (Wildman–Crippen MR) is 20.6 cm³/mol. The average molecular weight is 144 g/mol. The van der Waals surface area contributed by atoms with E-state index in [0.29, 0.717) is 0 Å². The van der Waals surface area contributed by atoms with Crippen LogP contribution < -0.4 is 0 Å². The maximum atomic E-state index is 10.1. The van der Waals surface area contributed by atoms with Crippen molar-refractivity contribution in [2.75, 3.05) is 0 Å². The minimum atomic E-state index is -5.64. The van der Waals surface area contributed by atoms with E-state index in [4.69, 9.17) is 9.46 Å². The molecule has 0 bridgehead atoms. The zero-order chi connectivity index (χ0) is 4.50. The van der Waals surface area contributed by atoms with Gasteiger partial charge in [0.15, 0.2) is 0 Å². The Kier molecular flexibility index (Phi) is 5.73. The maximum absolute atomic E-state index is 10.1. The quantitative estimate of drug-likeness (QED) is 0.387. The summed E-state index contributed by atoms with van der Waals surface area (Å²) in [6, 6.07) is 0. The molecular weight excluding hydrogens is 141 g/mol. The first-order chi connectivity index (χ1) is 2.00. The van der Waals surface area contributed by atoms with E-state index < -0.39 is 7.99 Å². The van der Waals surface area contributed by atoms with Crippen LogP contribution in [-0.2, 0) is 4.57 Å². The molecule has 0 rings (SSSR count). The molecular formula is H3CaF2O2P. The Morgan fingerprint density at radius 3 is 1.50 bits per heavy atom. The molecule has 0 aromatic carbocycles. The Balaban J connectivity index is 0. The van der Waals surface area contributed by atoms with Crippen LogP contribution in [0.1, 0.15) is 0 Å². The Morgan fingerprint density at radius 2 is 1.50 bits per heavy atom. The van der Waals surface area contributed by atoms with Crippen LogP contribution in [0.2, 0.25) is 0 Å². The van der Waals surface area contributed by atoms with Gasteiger partial charge < -0.3 is 0 Å². The van der Waals surface area contributed by atoms with Gasteiger partial charge in [0.05, 0.1) is 0 Å². The van der Waals surface area contributed by atoms with Crippen LogP contribution in [0.15, 0.2) is 0 Å². The van der Waals surface area contributed by atoms with Gasteiger partial charge >= 0.3 is 45.7 Å². The predicted octanol–water partition coefficient (Wildman–Crippen LogP) is 0.110. The van der Waals surface area contributed by atoms with Crippen molar-refractivity contribution in [3.63, 3.8) is 0 Å². The van der Waals surface area contributed by atoms with Crippen LogP contribution in [-0.4, -0.2) is 42.6 Å². The zero-order valence-corrected chi connectivity index (χ0v) is 2.95. The van der Waals surface area contributed by atoms with Crippen LogP contribution in [0.25, 0.3) is 0 Å². The molecule has 0 aromatic heterocycles. The van der Waals surface area contributed by atoms with Crippen LogP contribution in [0.4, 0.5) is 8.39 Å². The number of hydrogen-bond donors (Lipinski definition) is 1. The first kappa shape index (κ1) is 10.3. The third-order valence-corrected chi connectivity index (χ3v) is 0.